The van der Waals surface area contributed by atoms with E-state index in [4.69, 9.17) is 11.6 Å². The van der Waals surface area contributed by atoms with Crippen molar-refractivity contribution >= 4 is 22.9 Å². The number of nitrogens with zero attached hydrogens (tertiary/aromatic N) is 2. The molecule has 1 aromatic rings. The number of halogens is 1. The van der Waals surface area contributed by atoms with Crippen LogP contribution in [-0.2, 0) is 6.42 Å². The largest absolute Gasteiger partial charge is 0.143 e. The van der Waals surface area contributed by atoms with E-state index in [-0.39, 0.29) is 5.38 Å². The van der Waals surface area contributed by atoms with Gasteiger partial charge in [0.1, 0.15) is 10.0 Å². The molecule has 1 saturated carbocycles. The van der Waals surface area contributed by atoms with Gasteiger partial charge in [0.2, 0.25) is 0 Å². The molecule has 0 bridgehead atoms. The molecule has 0 aromatic carbocycles. The molecule has 0 amide bonds. The maximum Gasteiger partial charge on any atom is 0.135 e. The van der Waals surface area contributed by atoms with Gasteiger partial charge < -0.3 is 0 Å². The summed E-state index contributed by atoms with van der Waals surface area (Å²) < 4.78 is 0. The first kappa shape index (κ1) is 10.4. The van der Waals surface area contributed by atoms with Gasteiger partial charge in [0.05, 0.1) is 5.38 Å². The number of hydrogen-bond donors (Lipinski definition) is 0. The fourth-order valence-corrected chi connectivity index (χ4v) is 3.03. The Labute approximate surface area is 93.7 Å². The molecule has 0 N–H and O–H groups in total. The predicted octanol–water partition coefficient (Wildman–Crippen LogP) is 3.57. The second-order valence-corrected chi connectivity index (χ2v) is 5.75. The summed E-state index contributed by atoms with van der Waals surface area (Å²) in [5.74, 6) is 0.849. The van der Waals surface area contributed by atoms with Crippen molar-refractivity contribution in [3.63, 3.8) is 0 Å². The van der Waals surface area contributed by atoms with Crippen LogP contribution in [0.4, 0.5) is 0 Å². The summed E-state index contributed by atoms with van der Waals surface area (Å²) in [4.78, 5) is 0. The zero-order valence-electron chi connectivity index (χ0n) is 8.37. The Morgan fingerprint density at radius 3 is 2.71 bits per heavy atom. The van der Waals surface area contributed by atoms with Crippen molar-refractivity contribution in [3.05, 3.63) is 10.0 Å². The zero-order chi connectivity index (χ0) is 9.97. The van der Waals surface area contributed by atoms with Crippen LogP contribution in [0.25, 0.3) is 0 Å². The maximum absolute atomic E-state index is 5.94. The lowest BCUT2D eigenvalue weighted by molar-refractivity contribution is 0.542. The Balaban J connectivity index is 1.95. The molecule has 1 atom stereocenters. The molecule has 2 rings (SSSR count). The van der Waals surface area contributed by atoms with E-state index in [1.54, 1.807) is 11.3 Å². The Bertz CT molecular complexity index is 292. The molecule has 78 valence electrons. The molecular weight excluding hydrogens is 216 g/mol. The van der Waals surface area contributed by atoms with Gasteiger partial charge >= 0.3 is 0 Å². The highest BCUT2D eigenvalue weighted by Crippen LogP contribution is 2.30. The van der Waals surface area contributed by atoms with Crippen molar-refractivity contribution in [1.82, 2.24) is 10.2 Å². The molecule has 4 heteroatoms. The van der Waals surface area contributed by atoms with Crippen LogP contribution in [0.15, 0.2) is 0 Å². The second kappa shape index (κ2) is 4.58. The average molecular weight is 231 g/mol. The molecule has 1 heterocycles. The molecule has 2 nitrogen and oxygen atoms in total. The van der Waals surface area contributed by atoms with E-state index < -0.39 is 0 Å². The van der Waals surface area contributed by atoms with Crippen molar-refractivity contribution < 1.29 is 0 Å². The average Bonchev–Trinajstić information content (AvgIpc) is 2.75. The van der Waals surface area contributed by atoms with Crippen LogP contribution >= 0.6 is 22.9 Å². The quantitative estimate of drug-likeness (QED) is 0.742. The molecule has 0 aliphatic heterocycles. The molecule has 1 unspecified atom stereocenters. The minimum Gasteiger partial charge on any atom is -0.143 e. The van der Waals surface area contributed by atoms with Crippen molar-refractivity contribution in [1.29, 1.82) is 0 Å². The number of alkyl halides is 1. The third-order valence-electron chi connectivity index (χ3n) is 2.76. The van der Waals surface area contributed by atoms with Gasteiger partial charge in [-0.2, -0.15) is 0 Å². The topological polar surface area (TPSA) is 25.8 Å². The minimum absolute atomic E-state index is 0.00447. The van der Waals surface area contributed by atoms with Crippen molar-refractivity contribution in [3.8, 4) is 0 Å². The van der Waals surface area contributed by atoms with E-state index in [1.807, 2.05) is 6.92 Å². The number of hydrogen-bond acceptors (Lipinski definition) is 3. The van der Waals surface area contributed by atoms with E-state index in [2.05, 4.69) is 10.2 Å². The standard InChI is InChI=1S/C10H15ClN2S/c1-7(11)10-13-12-9(14-10)6-8-4-2-3-5-8/h7-8H,2-6H2,1H3. The third-order valence-corrected chi connectivity index (χ3v) is 4.23. The monoisotopic (exact) mass is 230 g/mol. The van der Waals surface area contributed by atoms with E-state index in [1.165, 1.54) is 30.7 Å². The van der Waals surface area contributed by atoms with Gasteiger partial charge in [-0.25, -0.2) is 0 Å². The van der Waals surface area contributed by atoms with Crippen LogP contribution in [-0.4, -0.2) is 10.2 Å². The fourth-order valence-electron chi connectivity index (χ4n) is 1.97. The van der Waals surface area contributed by atoms with Crippen molar-refractivity contribution in [2.75, 3.05) is 0 Å². The van der Waals surface area contributed by atoms with E-state index >= 15 is 0 Å². The smallest absolute Gasteiger partial charge is 0.135 e. The summed E-state index contributed by atoms with van der Waals surface area (Å²) in [6.45, 7) is 1.95. The fraction of sp³-hybridized carbons (Fsp3) is 0.800. The molecule has 1 aromatic heterocycles. The molecular formula is C10H15ClN2S. The molecule has 1 aliphatic carbocycles. The first-order chi connectivity index (χ1) is 6.75. The van der Waals surface area contributed by atoms with Crippen LogP contribution in [0.5, 0.6) is 0 Å². The lowest BCUT2D eigenvalue weighted by Gasteiger charge is -2.03. The second-order valence-electron chi connectivity index (χ2n) is 4.00. The molecule has 0 radical (unpaired) electrons. The van der Waals surface area contributed by atoms with Gasteiger partial charge in [-0.1, -0.05) is 37.0 Å². The van der Waals surface area contributed by atoms with Gasteiger partial charge in [-0.3, -0.25) is 0 Å². The summed E-state index contributed by atoms with van der Waals surface area (Å²) in [5, 5.41) is 10.4. The highest BCUT2D eigenvalue weighted by Gasteiger charge is 2.18. The number of rotatable bonds is 3. The Hall–Kier alpha value is -0.150. The van der Waals surface area contributed by atoms with Gasteiger partial charge in [0.25, 0.3) is 0 Å². The molecule has 1 aliphatic rings. The third kappa shape index (κ3) is 2.45. The zero-order valence-corrected chi connectivity index (χ0v) is 9.94. The van der Waals surface area contributed by atoms with Gasteiger partial charge in [-0.05, 0) is 12.8 Å². The minimum atomic E-state index is 0.00447. The maximum atomic E-state index is 5.94. The normalized spacial score (nSPS) is 20.1. The van der Waals surface area contributed by atoms with Crippen LogP contribution in [0.2, 0.25) is 0 Å². The Morgan fingerprint density at radius 2 is 2.14 bits per heavy atom. The van der Waals surface area contributed by atoms with Gasteiger partial charge in [-0.15, -0.1) is 21.8 Å². The van der Waals surface area contributed by atoms with Gasteiger partial charge in [0.15, 0.2) is 0 Å². The van der Waals surface area contributed by atoms with Crippen molar-refractivity contribution in [2.45, 2.75) is 44.4 Å². The number of aromatic nitrogens is 2. The molecule has 14 heavy (non-hydrogen) atoms. The van der Waals surface area contributed by atoms with E-state index in [9.17, 15) is 0 Å². The molecule has 1 fully saturated rings. The summed E-state index contributed by atoms with van der Waals surface area (Å²) >= 11 is 7.61. The van der Waals surface area contributed by atoms with Gasteiger partial charge in [0, 0.05) is 6.42 Å². The first-order valence-electron chi connectivity index (χ1n) is 5.22. The first-order valence-corrected chi connectivity index (χ1v) is 6.47. The van der Waals surface area contributed by atoms with E-state index in [0.29, 0.717) is 0 Å². The summed E-state index contributed by atoms with van der Waals surface area (Å²) in [7, 11) is 0. The highest BCUT2D eigenvalue weighted by molar-refractivity contribution is 7.11. The Morgan fingerprint density at radius 1 is 1.43 bits per heavy atom. The SMILES string of the molecule is CC(Cl)c1nnc(CC2CCCC2)s1. The van der Waals surface area contributed by atoms with Crippen LogP contribution in [0, 0.1) is 5.92 Å². The van der Waals surface area contributed by atoms with E-state index in [0.717, 1.165) is 17.3 Å². The Kier molecular flexibility index (Phi) is 3.39. The summed E-state index contributed by atoms with van der Waals surface area (Å²) in [5.41, 5.74) is 0. The lowest BCUT2D eigenvalue weighted by Crippen LogP contribution is -1.97. The molecule has 0 saturated heterocycles. The highest BCUT2D eigenvalue weighted by atomic mass is 35.5. The van der Waals surface area contributed by atoms with Crippen LogP contribution in [0.3, 0.4) is 0 Å². The lowest BCUT2D eigenvalue weighted by atomic mass is 10.1. The molecule has 0 spiro atoms. The van der Waals surface area contributed by atoms with Crippen molar-refractivity contribution in [2.24, 2.45) is 5.92 Å². The van der Waals surface area contributed by atoms with Crippen LogP contribution in [0.1, 0.15) is 48.0 Å². The summed E-state index contributed by atoms with van der Waals surface area (Å²) in [6.07, 6.45) is 6.63. The predicted molar refractivity (Wildman–Crippen MR) is 59.8 cm³/mol. The van der Waals surface area contributed by atoms with Crippen LogP contribution < -0.4 is 0 Å². The summed E-state index contributed by atoms with van der Waals surface area (Å²) in [6, 6.07) is 0.